The Hall–Kier alpha value is -0.410. The zero-order valence-corrected chi connectivity index (χ0v) is 10.3. The fourth-order valence-corrected chi connectivity index (χ4v) is 3.17. The van der Waals surface area contributed by atoms with Crippen molar-refractivity contribution in [1.82, 2.24) is 5.32 Å². The lowest BCUT2D eigenvalue weighted by Gasteiger charge is -2.28. The first kappa shape index (κ1) is 11.1. The molecule has 84 valence electrons. The lowest BCUT2D eigenvalue weighted by atomic mass is 10.1. The molecule has 0 radical (unpaired) electrons. The van der Waals surface area contributed by atoms with E-state index in [4.69, 9.17) is 4.42 Å². The van der Waals surface area contributed by atoms with Crippen LogP contribution in [-0.2, 0) is 6.54 Å². The van der Waals surface area contributed by atoms with Gasteiger partial charge in [0.05, 0.1) is 6.54 Å². The average Bonchev–Trinajstić information content (AvgIpc) is 2.63. The van der Waals surface area contributed by atoms with E-state index in [0.29, 0.717) is 6.04 Å². The summed E-state index contributed by atoms with van der Waals surface area (Å²) < 4.78 is 5.54. The predicted molar refractivity (Wildman–Crippen MR) is 65.2 cm³/mol. The Morgan fingerprint density at radius 2 is 2.40 bits per heavy atom. The zero-order valence-electron chi connectivity index (χ0n) is 9.45. The van der Waals surface area contributed by atoms with E-state index in [1.807, 2.05) is 13.0 Å². The molecule has 0 aromatic carbocycles. The minimum absolute atomic E-state index is 0.647. The molecule has 0 spiro atoms. The second kappa shape index (κ2) is 5.08. The van der Waals surface area contributed by atoms with Gasteiger partial charge in [-0.3, -0.25) is 0 Å². The maximum Gasteiger partial charge on any atom is 0.117 e. The molecule has 2 rings (SSSR count). The van der Waals surface area contributed by atoms with Crippen molar-refractivity contribution in [1.29, 1.82) is 0 Å². The molecule has 0 bridgehead atoms. The van der Waals surface area contributed by atoms with Crippen molar-refractivity contribution in [3.63, 3.8) is 0 Å². The SMILES string of the molecule is Cc1ccc(CNC2CCCSC2C)o1. The average molecular weight is 225 g/mol. The fraction of sp³-hybridized carbons (Fsp3) is 0.667. The number of thioether (sulfide) groups is 1. The minimum Gasteiger partial charge on any atom is -0.465 e. The molecule has 3 heteroatoms. The maximum absolute atomic E-state index is 5.54. The number of hydrogen-bond donors (Lipinski definition) is 1. The van der Waals surface area contributed by atoms with Crippen LogP contribution in [0.5, 0.6) is 0 Å². The molecule has 1 aliphatic rings. The van der Waals surface area contributed by atoms with Gasteiger partial charge in [-0.05, 0) is 37.7 Å². The summed E-state index contributed by atoms with van der Waals surface area (Å²) in [6.07, 6.45) is 2.64. The molecule has 0 aliphatic carbocycles. The Morgan fingerprint density at radius 1 is 1.53 bits per heavy atom. The molecule has 2 nitrogen and oxygen atoms in total. The second-order valence-corrected chi connectivity index (χ2v) is 5.70. The van der Waals surface area contributed by atoms with Crippen LogP contribution in [0.3, 0.4) is 0 Å². The molecule has 0 amide bonds. The molecule has 2 atom stereocenters. The first-order valence-electron chi connectivity index (χ1n) is 5.66. The van der Waals surface area contributed by atoms with Crippen molar-refractivity contribution in [3.05, 3.63) is 23.7 Å². The molecule has 15 heavy (non-hydrogen) atoms. The van der Waals surface area contributed by atoms with Crippen molar-refractivity contribution < 1.29 is 4.42 Å². The van der Waals surface area contributed by atoms with Crippen molar-refractivity contribution in [2.24, 2.45) is 0 Å². The number of aryl methyl sites for hydroxylation is 1. The molecule has 2 unspecified atom stereocenters. The van der Waals surface area contributed by atoms with Crippen molar-refractivity contribution in [2.75, 3.05) is 5.75 Å². The normalized spacial score (nSPS) is 26.8. The molecule has 1 N–H and O–H groups in total. The summed E-state index contributed by atoms with van der Waals surface area (Å²) >= 11 is 2.07. The Morgan fingerprint density at radius 3 is 3.07 bits per heavy atom. The molecule has 1 saturated heterocycles. The highest BCUT2D eigenvalue weighted by Crippen LogP contribution is 2.25. The molecular weight excluding hydrogens is 206 g/mol. The summed E-state index contributed by atoms with van der Waals surface area (Å²) in [7, 11) is 0. The summed E-state index contributed by atoms with van der Waals surface area (Å²) in [5.41, 5.74) is 0. The van der Waals surface area contributed by atoms with Crippen molar-refractivity contribution >= 4 is 11.8 Å². The van der Waals surface area contributed by atoms with E-state index < -0.39 is 0 Å². The van der Waals surface area contributed by atoms with Crippen LogP contribution in [-0.4, -0.2) is 17.0 Å². The van der Waals surface area contributed by atoms with E-state index in [0.717, 1.165) is 23.3 Å². The van der Waals surface area contributed by atoms with Crippen LogP contribution in [0.1, 0.15) is 31.3 Å². The molecule has 2 heterocycles. The summed E-state index contributed by atoms with van der Waals surface area (Å²) in [5.74, 6) is 3.37. The molecule has 1 aromatic heterocycles. The molecule has 1 aliphatic heterocycles. The molecule has 1 aromatic rings. The van der Waals surface area contributed by atoms with Crippen LogP contribution < -0.4 is 5.32 Å². The lowest BCUT2D eigenvalue weighted by Crippen LogP contribution is -2.38. The fourth-order valence-electron chi connectivity index (χ4n) is 2.00. The van der Waals surface area contributed by atoms with Gasteiger partial charge in [0.1, 0.15) is 11.5 Å². The Balaban J connectivity index is 1.81. The van der Waals surface area contributed by atoms with Gasteiger partial charge in [-0.2, -0.15) is 11.8 Å². The second-order valence-electron chi connectivity index (χ2n) is 4.22. The Bertz CT molecular complexity index is 310. The summed E-state index contributed by atoms with van der Waals surface area (Å²) in [4.78, 5) is 0. The Labute approximate surface area is 95.8 Å². The highest BCUT2D eigenvalue weighted by molar-refractivity contribution is 7.99. The van der Waals surface area contributed by atoms with Crippen LogP contribution in [0.4, 0.5) is 0 Å². The number of nitrogens with one attached hydrogen (secondary N) is 1. The Kier molecular flexibility index (Phi) is 3.76. The van der Waals surface area contributed by atoms with Gasteiger partial charge in [-0.1, -0.05) is 6.92 Å². The van der Waals surface area contributed by atoms with E-state index in [1.54, 1.807) is 0 Å². The quantitative estimate of drug-likeness (QED) is 0.856. The molecule has 1 fully saturated rings. The van der Waals surface area contributed by atoms with Gasteiger partial charge in [-0.15, -0.1) is 0 Å². The summed E-state index contributed by atoms with van der Waals surface area (Å²) in [5, 5.41) is 4.32. The monoisotopic (exact) mass is 225 g/mol. The molecule has 0 saturated carbocycles. The van der Waals surface area contributed by atoms with Crippen LogP contribution >= 0.6 is 11.8 Å². The van der Waals surface area contributed by atoms with Crippen molar-refractivity contribution in [3.8, 4) is 0 Å². The number of hydrogen-bond acceptors (Lipinski definition) is 3. The molecular formula is C12H19NOS. The third-order valence-electron chi connectivity index (χ3n) is 2.94. The zero-order chi connectivity index (χ0) is 10.7. The summed E-state index contributed by atoms with van der Waals surface area (Å²) in [6, 6.07) is 4.73. The lowest BCUT2D eigenvalue weighted by molar-refractivity contribution is 0.411. The van der Waals surface area contributed by atoms with Gasteiger partial charge >= 0.3 is 0 Å². The minimum atomic E-state index is 0.647. The van der Waals surface area contributed by atoms with Gasteiger partial charge in [-0.25, -0.2) is 0 Å². The smallest absolute Gasteiger partial charge is 0.117 e. The van der Waals surface area contributed by atoms with Gasteiger partial charge in [0.25, 0.3) is 0 Å². The predicted octanol–water partition coefficient (Wildman–Crippen LogP) is 2.96. The van der Waals surface area contributed by atoms with E-state index >= 15 is 0 Å². The van der Waals surface area contributed by atoms with E-state index in [2.05, 4.69) is 30.1 Å². The number of rotatable bonds is 3. The van der Waals surface area contributed by atoms with Crippen LogP contribution in [0.15, 0.2) is 16.5 Å². The van der Waals surface area contributed by atoms with Crippen LogP contribution in [0.2, 0.25) is 0 Å². The highest BCUT2D eigenvalue weighted by atomic mass is 32.2. The van der Waals surface area contributed by atoms with Crippen LogP contribution in [0.25, 0.3) is 0 Å². The third-order valence-corrected chi connectivity index (χ3v) is 4.32. The first-order valence-corrected chi connectivity index (χ1v) is 6.71. The largest absolute Gasteiger partial charge is 0.465 e. The van der Waals surface area contributed by atoms with Crippen LogP contribution in [0, 0.1) is 6.92 Å². The topological polar surface area (TPSA) is 25.2 Å². The first-order chi connectivity index (χ1) is 7.25. The van der Waals surface area contributed by atoms with Gasteiger partial charge in [0, 0.05) is 11.3 Å². The number of furan rings is 1. The van der Waals surface area contributed by atoms with E-state index in [1.165, 1.54) is 18.6 Å². The van der Waals surface area contributed by atoms with Crippen molar-refractivity contribution in [2.45, 2.75) is 44.5 Å². The standard InChI is InChI=1S/C12H19NOS/c1-9-5-6-11(14-9)8-13-12-4-3-7-15-10(12)2/h5-6,10,12-13H,3-4,7-8H2,1-2H3. The van der Waals surface area contributed by atoms with E-state index in [9.17, 15) is 0 Å². The maximum atomic E-state index is 5.54. The van der Waals surface area contributed by atoms with Gasteiger partial charge < -0.3 is 9.73 Å². The summed E-state index contributed by atoms with van der Waals surface area (Å²) in [6.45, 7) is 5.17. The third kappa shape index (κ3) is 3.02. The van der Waals surface area contributed by atoms with Gasteiger partial charge in [0.15, 0.2) is 0 Å². The highest BCUT2D eigenvalue weighted by Gasteiger charge is 2.21. The van der Waals surface area contributed by atoms with Gasteiger partial charge in [0.2, 0.25) is 0 Å². The van der Waals surface area contributed by atoms with E-state index in [-0.39, 0.29) is 0 Å².